The van der Waals surface area contributed by atoms with Crippen molar-refractivity contribution in [2.24, 2.45) is 0 Å². The van der Waals surface area contributed by atoms with Crippen molar-refractivity contribution in [3.8, 4) is 0 Å². The van der Waals surface area contributed by atoms with E-state index in [9.17, 15) is 9.90 Å². The summed E-state index contributed by atoms with van der Waals surface area (Å²) >= 11 is 0. The number of methoxy groups -OCH3 is 1. The van der Waals surface area contributed by atoms with Gasteiger partial charge in [-0.3, -0.25) is 0 Å². The van der Waals surface area contributed by atoms with Crippen LogP contribution in [0.1, 0.15) is 36.2 Å². The van der Waals surface area contributed by atoms with Crippen LogP contribution in [-0.4, -0.2) is 30.3 Å². The molecule has 1 rings (SSSR count). The summed E-state index contributed by atoms with van der Waals surface area (Å²) in [6.07, 6.45) is 0.710. The minimum Gasteiger partial charge on any atom is -0.465 e. The fourth-order valence-corrected chi connectivity index (χ4v) is 1.48. The molecule has 0 aliphatic rings. The normalized spacial score (nSPS) is 14.0. The van der Waals surface area contributed by atoms with Gasteiger partial charge >= 0.3 is 5.97 Å². The van der Waals surface area contributed by atoms with Crippen LogP contribution in [0.4, 0.5) is 0 Å². The summed E-state index contributed by atoms with van der Waals surface area (Å²) in [7, 11) is 1.37. The van der Waals surface area contributed by atoms with Crippen LogP contribution in [0.15, 0.2) is 24.3 Å². The quantitative estimate of drug-likeness (QED) is 0.756. The Hall–Kier alpha value is -1.39. The van der Waals surface area contributed by atoms with E-state index in [2.05, 4.69) is 10.1 Å². The summed E-state index contributed by atoms with van der Waals surface area (Å²) in [6.45, 7) is 4.97. The van der Waals surface area contributed by atoms with Gasteiger partial charge in [0.15, 0.2) is 0 Å². The molecule has 0 saturated heterocycles. The van der Waals surface area contributed by atoms with Gasteiger partial charge in [0.25, 0.3) is 0 Å². The molecule has 0 aliphatic carbocycles. The van der Waals surface area contributed by atoms with E-state index in [1.165, 1.54) is 7.11 Å². The maximum absolute atomic E-state index is 11.2. The first-order valence-corrected chi connectivity index (χ1v) is 6.09. The van der Waals surface area contributed by atoms with Crippen molar-refractivity contribution >= 4 is 5.97 Å². The number of carbonyl (C=O) groups excluding carboxylic acids is 1. The Morgan fingerprint density at radius 1 is 1.39 bits per heavy atom. The molecule has 0 aliphatic heterocycles. The fourth-order valence-electron chi connectivity index (χ4n) is 1.48. The average molecular weight is 251 g/mol. The molecule has 4 nitrogen and oxygen atoms in total. The number of hydrogen-bond acceptors (Lipinski definition) is 4. The largest absolute Gasteiger partial charge is 0.465 e. The van der Waals surface area contributed by atoms with Crippen molar-refractivity contribution in [2.75, 3.05) is 13.7 Å². The highest BCUT2D eigenvalue weighted by atomic mass is 16.5. The maximum Gasteiger partial charge on any atom is 0.337 e. The zero-order valence-corrected chi connectivity index (χ0v) is 11.2. The van der Waals surface area contributed by atoms with Crippen LogP contribution in [0.2, 0.25) is 0 Å². The van der Waals surface area contributed by atoms with Crippen molar-refractivity contribution < 1.29 is 14.6 Å². The second-order valence-electron chi connectivity index (χ2n) is 4.64. The highest BCUT2D eigenvalue weighted by Gasteiger charge is 2.16. The topological polar surface area (TPSA) is 58.6 Å². The molecule has 4 heteroatoms. The number of hydrogen-bond donors (Lipinski definition) is 2. The van der Waals surface area contributed by atoms with Crippen LogP contribution >= 0.6 is 0 Å². The number of rotatable bonds is 6. The molecule has 0 heterocycles. The van der Waals surface area contributed by atoms with E-state index in [0.717, 1.165) is 5.56 Å². The number of esters is 1. The Kier molecular flexibility index (Phi) is 5.31. The molecule has 2 N–H and O–H groups in total. The van der Waals surface area contributed by atoms with Crippen LogP contribution in [0.3, 0.4) is 0 Å². The molecule has 0 spiro atoms. The number of aliphatic hydroxyl groups is 1. The molecule has 1 aromatic rings. The summed E-state index contributed by atoms with van der Waals surface area (Å²) in [5, 5.41) is 13.0. The van der Waals surface area contributed by atoms with Gasteiger partial charge in [-0.05, 0) is 31.0 Å². The van der Waals surface area contributed by atoms with Gasteiger partial charge in [0.2, 0.25) is 0 Å². The molecule has 0 fully saturated rings. The number of ether oxygens (including phenoxy) is 1. The van der Waals surface area contributed by atoms with Gasteiger partial charge in [-0.15, -0.1) is 0 Å². The van der Waals surface area contributed by atoms with Crippen molar-refractivity contribution in [1.82, 2.24) is 5.32 Å². The predicted molar refractivity (Wildman–Crippen MR) is 70.4 cm³/mol. The fraction of sp³-hybridized carbons (Fsp3) is 0.500. The minimum absolute atomic E-state index is 0.330. The summed E-state index contributed by atoms with van der Waals surface area (Å²) in [5.41, 5.74) is 0.933. The van der Waals surface area contributed by atoms with Crippen molar-refractivity contribution in [3.63, 3.8) is 0 Å². The predicted octanol–water partition coefficient (Wildman–Crippen LogP) is 1.72. The van der Waals surface area contributed by atoms with Gasteiger partial charge in [-0.2, -0.15) is 0 Å². The molecule has 1 unspecified atom stereocenters. The zero-order valence-electron chi connectivity index (χ0n) is 11.2. The first-order valence-electron chi connectivity index (χ1n) is 6.09. The Morgan fingerprint density at radius 2 is 2.00 bits per heavy atom. The molecule has 0 radical (unpaired) electrons. The first kappa shape index (κ1) is 14.7. The Morgan fingerprint density at radius 3 is 2.50 bits per heavy atom. The monoisotopic (exact) mass is 251 g/mol. The van der Waals surface area contributed by atoms with E-state index >= 15 is 0 Å². The molecule has 0 saturated carbocycles. The van der Waals surface area contributed by atoms with Crippen molar-refractivity contribution in [1.29, 1.82) is 0 Å². The second-order valence-corrected chi connectivity index (χ2v) is 4.64. The zero-order chi connectivity index (χ0) is 13.6. The average Bonchev–Trinajstić information content (AvgIpc) is 2.38. The molecule has 0 amide bonds. The lowest BCUT2D eigenvalue weighted by molar-refractivity contribution is 0.0555. The molecular formula is C14H21NO3. The summed E-state index contributed by atoms with van der Waals surface area (Å²) in [5.74, 6) is -0.330. The third-order valence-electron chi connectivity index (χ3n) is 2.97. The van der Waals surface area contributed by atoms with E-state index in [1.807, 2.05) is 19.1 Å². The number of nitrogens with one attached hydrogen (secondary N) is 1. The van der Waals surface area contributed by atoms with Crippen LogP contribution in [0.25, 0.3) is 0 Å². The lowest BCUT2D eigenvalue weighted by Crippen LogP contribution is -2.36. The molecule has 1 aromatic carbocycles. The molecular weight excluding hydrogens is 230 g/mol. The van der Waals surface area contributed by atoms with Gasteiger partial charge in [0, 0.05) is 13.1 Å². The van der Waals surface area contributed by atoms with E-state index in [4.69, 9.17) is 0 Å². The summed E-state index contributed by atoms with van der Waals surface area (Å²) < 4.78 is 4.63. The third kappa shape index (κ3) is 4.47. The van der Waals surface area contributed by atoms with Crippen LogP contribution in [-0.2, 0) is 11.3 Å². The Balaban J connectivity index is 2.47. The SMILES string of the molecule is CCC(C)(O)CNCc1ccc(C(=O)OC)cc1. The van der Waals surface area contributed by atoms with E-state index in [1.54, 1.807) is 19.1 Å². The van der Waals surface area contributed by atoms with Crippen LogP contribution in [0, 0.1) is 0 Å². The van der Waals surface area contributed by atoms with Gasteiger partial charge in [0.05, 0.1) is 18.3 Å². The summed E-state index contributed by atoms with van der Waals surface area (Å²) in [4.78, 5) is 11.2. The standard InChI is InChI=1S/C14H21NO3/c1-4-14(2,17)10-15-9-11-5-7-12(8-6-11)13(16)18-3/h5-8,15,17H,4,9-10H2,1-3H3. The summed E-state index contributed by atoms with van der Waals surface area (Å²) in [6, 6.07) is 7.22. The van der Waals surface area contributed by atoms with Gasteiger partial charge < -0.3 is 15.2 Å². The molecule has 100 valence electrons. The lowest BCUT2D eigenvalue weighted by Gasteiger charge is -2.21. The van der Waals surface area contributed by atoms with Gasteiger partial charge in [-0.25, -0.2) is 4.79 Å². The van der Waals surface area contributed by atoms with E-state index in [0.29, 0.717) is 25.1 Å². The van der Waals surface area contributed by atoms with Crippen LogP contribution < -0.4 is 5.32 Å². The third-order valence-corrected chi connectivity index (χ3v) is 2.97. The van der Waals surface area contributed by atoms with Gasteiger partial charge in [-0.1, -0.05) is 19.1 Å². The van der Waals surface area contributed by atoms with Crippen molar-refractivity contribution in [3.05, 3.63) is 35.4 Å². The first-order chi connectivity index (χ1) is 8.48. The minimum atomic E-state index is -0.675. The smallest absolute Gasteiger partial charge is 0.337 e. The van der Waals surface area contributed by atoms with Gasteiger partial charge in [0.1, 0.15) is 0 Å². The van der Waals surface area contributed by atoms with Crippen LogP contribution in [0.5, 0.6) is 0 Å². The molecule has 18 heavy (non-hydrogen) atoms. The highest BCUT2D eigenvalue weighted by molar-refractivity contribution is 5.89. The Labute approximate surface area is 108 Å². The molecule has 0 bridgehead atoms. The molecule has 1 atom stereocenters. The lowest BCUT2D eigenvalue weighted by atomic mass is 10.0. The number of benzene rings is 1. The highest BCUT2D eigenvalue weighted by Crippen LogP contribution is 2.08. The molecule has 0 aromatic heterocycles. The van der Waals surface area contributed by atoms with Crippen molar-refractivity contribution in [2.45, 2.75) is 32.4 Å². The number of carbonyl (C=O) groups is 1. The maximum atomic E-state index is 11.2. The second kappa shape index (κ2) is 6.52. The van der Waals surface area contributed by atoms with E-state index < -0.39 is 5.60 Å². The Bertz CT molecular complexity index is 385. The van der Waals surface area contributed by atoms with E-state index in [-0.39, 0.29) is 5.97 Å².